The minimum absolute atomic E-state index is 0.194. The number of nitrogen functional groups attached to an aromatic ring is 1. The van der Waals surface area contributed by atoms with Gasteiger partial charge in [0.25, 0.3) is 0 Å². The summed E-state index contributed by atoms with van der Waals surface area (Å²) in [5.41, 5.74) is 18.6. The molecule has 7 N–H and O–H groups in total. The van der Waals surface area contributed by atoms with E-state index in [0.29, 0.717) is 43.1 Å². The number of allylic oxidation sites excluding steroid dienone is 1. The lowest BCUT2D eigenvalue weighted by molar-refractivity contribution is -0.137. The predicted octanol–water partition coefficient (Wildman–Crippen LogP) is 1.85. The topological polar surface area (TPSA) is 134 Å². The van der Waals surface area contributed by atoms with Crippen LogP contribution in [0, 0.1) is 5.41 Å². The fraction of sp³-hybridized carbons (Fsp3) is 0.350. The molecule has 0 unspecified atom stereocenters. The highest BCUT2D eigenvalue weighted by Gasteiger charge is 2.31. The Hall–Kier alpha value is -3.18. The Kier molecular flexibility index (Phi) is 6.76. The quantitative estimate of drug-likeness (QED) is 0.510. The van der Waals surface area contributed by atoms with E-state index in [1.54, 1.807) is 0 Å². The van der Waals surface area contributed by atoms with E-state index in [4.69, 9.17) is 22.6 Å². The summed E-state index contributed by atoms with van der Waals surface area (Å²) >= 11 is 0. The van der Waals surface area contributed by atoms with Crippen molar-refractivity contribution in [2.45, 2.75) is 12.2 Å². The van der Waals surface area contributed by atoms with E-state index >= 15 is 0 Å². The molecule has 0 bridgehead atoms. The average molecular weight is 434 g/mol. The SMILES string of the molecule is N=C/C(=C\N)c1c(N)ncnc1N1CCN([C@@H](CN)c2ccc(C(F)(F)F)cc2)CC1. The Morgan fingerprint density at radius 2 is 1.77 bits per heavy atom. The highest BCUT2D eigenvalue weighted by atomic mass is 19.4. The number of alkyl halides is 3. The van der Waals surface area contributed by atoms with E-state index in [9.17, 15) is 13.2 Å². The Bertz CT molecular complexity index is 934. The minimum Gasteiger partial charge on any atom is -0.404 e. The number of hydrogen-bond donors (Lipinski definition) is 4. The number of anilines is 2. The van der Waals surface area contributed by atoms with E-state index in [1.165, 1.54) is 24.7 Å². The Morgan fingerprint density at radius 1 is 1.13 bits per heavy atom. The molecule has 8 nitrogen and oxygen atoms in total. The number of benzene rings is 1. The van der Waals surface area contributed by atoms with Crippen LogP contribution < -0.4 is 22.1 Å². The van der Waals surface area contributed by atoms with Crippen LogP contribution >= 0.6 is 0 Å². The normalized spacial score (nSPS) is 16.9. The molecule has 1 fully saturated rings. The lowest BCUT2D eigenvalue weighted by Crippen LogP contribution is -2.49. The standard InChI is InChI=1S/C20H25F3N8/c21-20(22,23)15-3-1-13(2-4-15)16(11-26)30-5-7-31(8-6-30)19-17(14(9-24)10-25)18(27)28-12-29-19/h1-4,9-10,12,16,24H,5-8,11,25-26H2,(H2,27,28,29)/b14-10+,24-9?/t16-/m0/s1. The van der Waals surface area contributed by atoms with Crippen molar-refractivity contribution < 1.29 is 13.2 Å². The van der Waals surface area contributed by atoms with Crippen LogP contribution in [0.1, 0.15) is 22.7 Å². The van der Waals surface area contributed by atoms with Crippen LogP contribution in [0.4, 0.5) is 24.8 Å². The molecular formula is C20H25F3N8. The van der Waals surface area contributed by atoms with Gasteiger partial charge in [-0.1, -0.05) is 12.1 Å². The summed E-state index contributed by atoms with van der Waals surface area (Å²) < 4.78 is 38.5. The van der Waals surface area contributed by atoms with Crippen LogP contribution in [0.25, 0.3) is 5.57 Å². The number of hydrogen-bond acceptors (Lipinski definition) is 8. The summed E-state index contributed by atoms with van der Waals surface area (Å²) in [5, 5.41) is 7.57. The van der Waals surface area contributed by atoms with Gasteiger partial charge in [0.1, 0.15) is 18.0 Å². The number of aromatic nitrogens is 2. The molecule has 166 valence electrons. The fourth-order valence-electron chi connectivity index (χ4n) is 3.75. The van der Waals surface area contributed by atoms with Crippen LogP contribution in [-0.2, 0) is 6.18 Å². The first kappa shape index (κ1) is 22.5. The molecule has 1 aromatic carbocycles. The maximum atomic E-state index is 12.8. The maximum Gasteiger partial charge on any atom is 0.416 e. The zero-order valence-corrected chi connectivity index (χ0v) is 16.8. The summed E-state index contributed by atoms with van der Waals surface area (Å²) in [4.78, 5) is 12.5. The number of rotatable bonds is 6. The third-order valence-corrected chi connectivity index (χ3v) is 5.38. The second-order valence-corrected chi connectivity index (χ2v) is 7.12. The average Bonchev–Trinajstić information content (AvgIpc) is 2.76. The van der Waals surface area contributed by atoms with E-state index in [1.807, 2.05) is 4.90 Å². The van der Waals surface area contributed by atoms with Crippen LogP contribution in [0.5, 0.6) is 0 Å². The van der Waals surface area contributed by atoms with Gasteiger partial charge in [0.2, 0.25) is 0 Å². The Morgan fingerprint density at radius 3 is 2.29 bits per heavy atom. The zero-order chi connectivity index (χ0) is 22.6. The first-order valence-corrected chi connectivity index (χ1v) is 9.69. The molecule has 31 heavy (non-hydrogen) atoms. The number of nitrogens with one attached hydrogen (secondary N) is 1. The Balaban J connectivity index is 1.76. The van der Waals surface area contributed by atoms with Gasteiger partial charge in [0, 0.05) is 56.8 Å². The summed E-state index contributed by atoms with van der Waals surface area (Å²) in [5.74, 6) is 0.823. The molecule has 1 aromatic heterocycles. The van der Waals surface area contributed by atoms with Crippen molar-refractivity contribution in [3.63, 3.8) is 0 Å². The first-order valence-electron chi connectivity index (χ1n) is 9.69. The first-order chi connectivity index (χ1) is 14.8. The third kappa shape index (κ3) is 4.78. The minimum atomic E-state index is -4.37. The predicted molar refractivity (Wildman–Crippen MR) is 114 cm³/mol. The van der Waals surface area contributed by atoms with E-state index in [2.05, 4.69) is 14.9 Å². The smallest absolute Gasteiger partial charge is 0.404 e. The van der Waals surface area contributed by atoms with Crippen LogP contribution in [-0.4, -0.2) is 53.8 Å². The van der Waals surface area contributed by atoms with E-state index in [-0.39, 0.29) is 18.4 Å². The summed E-state index contributed by atoms with van der Waals surface area (Å²) in [7, 11) is 0. The lowest BCUT2D eigenvalue weighted by atomic mass is 10.0. The van der Waals surface area contributed by atoms with Gasteiger partial charge >= 0.3 is 6.18 Å². The van der Waals surface area contributed by atoms with E-state index in [0.717, 1.165) is 23.9 Å². The van der Waals surface area contributed by atoms with Gasteiger partial charge in [0.05, 0.1) is 11.1 Å². The molecular weight excluding hydrogens is 409 g/mol. The van der Waals surface area contributed by atoms with Gasteiger partial charge in [-0.15, -0.1) is 0 Å². The highest BCUT2D eigenvalue weighted by molar-refractivity contribution is 6.12. The molecule has 0 saturated carbocycles. The zero-order valence-electron chi connectivity index (χ0n) is 16.8. The van der Waals surface area contributed by atoms with E-state index < -0.39 is 11.7 Å². The van der Waals surface area contributed by atoms with Gasteiger partial charge in [-0.3, -0.25) is 4.90 Å². The molecule has 2 aromatic rings. The number of piperazine rings is 1. The van der Waals surface area contributed by atoms with Crippen LogP contribution in [0.3, 0.4) is 0 Å². The van der Waals surface area contributed by atoms with Gasteiger partial charge in [-0.25, -0.2) is 9.97 Å². The van der Waals surface area contributed by atoms with Gasteiger partial charge in [-0.05, 0) is 17.7 Å². The van der Waals surface area contributed by atoms with Crippen molar-refractivity contribution in [3.8, 4) is 0 Å². The second kappa shape index (κ2) is 9.31. The Labute approximate surface area is 178 Å². The molecule has 0 radical (unpaired) electrons. The largest absolute Gasteiger partial charge is 0.416 e. The molecule has 0 amide bonds. The molecule has 11 heteroatoms. The molecule has 1 aliphatic rings. The monoisotopic (exact) mass is 434 g/mol. The van der Waals surface area contributed by atoms with Crippen LogP contribution in [0.15, 0.2) is 36.8 Å². The van der Waals surface area contributed by atoms with Gasteiger partial charge < -0.3 is 27.5 Å². The summed E-state index contributed by atoms with van der Waals surface area (Å²) in [6.07, 6.45) is -0.614. The summed E-state index contributed by atoms with van der Waals surface area (Å²) in [6, 6.07) is 4.95. The van der Waals surface area contributed by atoms with Crippen molar-refractivity contribution in [1.82, 2.24) is 14.9 Å². The number of halogens is 3. The van der Waals surface area contributed by atoms with Gasteiger partial charge in [-0.2, -0.15) is 13.2 Å². The van der Waals surface area contributed by atoms with Crippen molar-refractivity contribution in [3.05, 3.63) is 53.5 Å². The molecule has 0 spiro atoms. The molecule has 1 atom stereocenters. The lowest BCUT2D eigenvalue weighted by Gasteiger charge is -2.40. The highest BCUT2D eigenvalue weighted by Crippen LogP contribution is 2.32. The molecule has 2 heterocycles. The maximum absolute atomic E-state index is 12.8. The van der Waals surface area contributed by atoms with Crippen molar-refractivity contribution >= 4 is 23.4 Å². The molecule has 0 aliphatic carbocycles. The molecule has 3 rings (SSSR count). The molecule has 1 saturated heterocycles. The molecule has 1 aliphatic heterocycles. The second-order valence-electron chi connectivity index (χ2n) is 7.12. The third-order valence-electron chi connectivity index (χ3n) is 5.38. The van der Waals surface area contributed by atoms with Crippen molar-refractivity contribution in [2.75, 3.05) is 43.4 Å². The number of nitrogens with two attached hydrogens (primary N) is 3. The van der Waals surface area contributed by atoms with Crippen molar-refractivity contribution in [1.29, 1.82) is 5.41 Å². The number of nitrogens with zero attached hydrogens (tertiary/aromatic N) is 4. The van der Waals surface area contributed by atoms with Crippen LogP contribution in [0.2, 0.25) is 0 Å². The summed E-state index contributed by atoms with van der Waals surface area (Å²) in [6.45, 7) is 2.72. The fourth-order valence-corrected chi connectivity index (χ4v) is 3.75. The van der Waals surface area contributed by atoms with Gasteiger partial charge in [0.15, 0.2) is 0 Å². The van der Waals surface area contributed by atoms with Crippen molar-refractivity contribution in [2.24, 2.45) is 11.5 Å².